The molecular formula is C13H24ClN5O3. The minimum absolute atomic E-state index is 0. The van der Waals surface area contributed by atoms with Crippen LogP contribution in [0.15, 0.2) is 12.3 Å². The number of rotatable bonds is 8. The van der Waals surface area contributed by atoms with Crippen LogP contribution in [-0.4, -0.2) is 47.9 Å². The van der Waals surface area contributed by atoms with E-state index in [2.05, 4.69) is 15.7 Å². The Morgan fingerprint density at radius 1 is 1.45 bits per heavy atom. The van der Waals surface area contributed by atoms with Gasteiger partial charge < -0.3 is 21.1 Å². The van der Waals surface area contributed by atoms with Crippen molar-refractivity contribution in [3.05, 3.63) is 12.3 Å². The van der Waals surface area contributed by atoms with Crippen molar-refractivity contribution in [3.63, 3.8) is 0 Å². The van der Waals surface area contributed by atoms with Gasteiger partial charge in [-0.05, 0) is 5.92 Å². The largest absolute Gasteiger partial charge is 0.383 e. The molecule has 0 spiro atoms. The van der Waals surface area contributed by atoms with Gasteiger partial charge in [0.15, 0.2) is 5.82 Å². The minimum atomic E-state index is -0.619. The van der Waals surface area contributed by atoms with Gasteiger partial charge in [-0.25, -0.2) is 0 Å². The molecule has 0 bridgehead atoms. The van der Waals surface area contributed by atoms with Crippen LogP contribution in [-0.2, 0) is 20.9 Å². The molecule has 22 heavy (non-hydrogen) atoms. The number of nitrogens with two attached hydrogens (primary N) is 1. The first kappa shape index (κ1) is 20.4. The van der Waals surface area contributed by atoms with E-state index in [1.807, 2.05) is 13.8 Å². The summed E-state index contributed by atoms with van der Waals surface area (Å²) in [5.74, 6) is -0.245. The third-order valence-corrected chi connectivity index (χ3v) is 2.88. The number of hydrogen-bond donors (Lipinski definition) is 3. The van der Waals surface area contributed by atoms with Crippen molar-refractivity contribution in [3.8, 4) is 0 Å². The van der Waals surface area contributed by atoms with Crippen LogP contribution in [0.4, 0.5) is 5.82 Å². The van der Waals surface area contributed by atoms with E-state index >= 15 is 0 Å². The number of carbonyl (C=O) groups is 2. The lowest BCUT2D eigenvalue weighted by Crippen LogP contribution is -2.46. The van der Waals surface area contributed by atoms with Gasteiger partial charge in [0.1, 0.15) is 0 Å². The van der Waals surface area contributed by atoms with Gasteiger partial charge in [0, 0.05) is 19.4 Å². The molecule has 126 valence electrons. The molecule has 0 fully saturated rings. The molecule has 1 aromatic heterocycles. The first-order valence-corrected chi connectivity index (χ1v) is 6.79. The molecule has 2 amide bonds. The van der Waals surface area contributed by atoms with Crippen LogP contribution >= 0.6 is 12.4 Å². The lowest BCUT2D eigenvalue weighted by Gasteiger charge is -2.14. The normalized spacial score (nSPS) is 11.7. The van der Waals surface area contributed by atoms with Gasteiger partial charge in [0.05, 0.1) is 25.7 Å². The Bertz CT molecular complexity index is 478. The summed E-state index contributed by atoms with van der Waals surface area (Å²) >= 11 is 0. The Balaban J connectivity index is 0.00000441. The highest BCUT2D eigenvalue weighted by Crippen LogP contribution is 2.02. The molecule has 1 rings (SSSR count). The van der Waals surface area contributed by atoms with Crippen LogP contribution in [0, 0.1) is 5.92 Å². The molecule has 1 heterocycles. The maximum Gasteiger partial charge on any atom is 0.244 e. The summed E-state index contributed by atoms with van der Waals surface area (Å²) in [6, 6.07) is 1.06. The average Bonchev–Trinajstić information content (AvgIpc) is 2.88. The first-order valence-electron chi connectivity index (χ1n) is 6.79. The molecule has 9 heteroatoms. The lowest BCUT2D eigenvalue weighted by atomic mass is 10.1. The van der Waals surface area contributed by atoms with Crippen molar-refractivity contribution in [1.82, 2.24) is 15.1 Å². The van der Waals surface area contributed by atoms with E-state index in [1.54, 1.807) is 24.1 Å². The van der Waals surface area contributed by atoms with Crippen molar-refractivity contribution in [1.29, 1.82) is 0 Å². The van der Waals surface area contributed by atoms with Crippen LogP contribution in [0.3, 0.4) is 0 Å². The lowest BCUT2D eigenvalue weighted by molar-refractivity contribution is -0.125. The zero-order valence-electron chi connectivity index (χ0n) is 13.0. The maximum atomic E-state index is 11.7. The molecule has 0 radical (unpaired) electrons. The van der Waals surface area contributed by atoms with Gasteiger partial charge in [-0.2, -0.15) is 5.10 Å². The topological polar surface area (TPSA) is 111 Å². The second-order valence-electron chi connectivity index (χ2n) is 4.99. The fourth-order valence-corrected chi connectivity index (χ4v) is 1.51. The van der Waals surface area contributed by atoms with E-state index in [0.29, 0.717) is 19.0 Å². The summed E-state index contributed by atoms with van der Waals surface area (Å²) in [7, 11) is 1.61. The van der Waals surface area contributed by atoms with Gasteiger partial charge >= 0.3 is 0 Å². The molecule has 1 atom stereocenters. The summed E-state index contributed by atoms with van der Waals surface area (Å²) in [5.41, 5.74) is 5.68. The monoisotopic (exact) mass is 333 g/mol. The van der Waals surface area contributed by atoms with E-state index in [-0.39, 0.29) is 36.7 Å². The number of anilines is 1. The van der Waals surface area contributed by atoms with E-state index in [4.69, 9.17) is 10.5 Å². The van der Waals surface area contributed by atoms with Crippen LogP contribution in [0.25, 0.3) is 0 Å². The number of hydrogen-bond acceptors (Lipinski definition) is 5. The Labute approximate surface area is 136 Å². The number of amides is 2. The Kier molecular flexibility index (Phi) is 9.39. The predicted octanol–water partition coefficient (Wildman–Crippen LogP) is -0.0107. The second-order valence-corrected chi connectivity index (χ2v) is 4.99. The van der Waals surface area contributed by atoms with Gasteiger partial charge in [0.2, 0.25) is 11.8 Å². The van der Waals surface area contributed by atoms with Gasteiger partial charge in [-0.15, -0.1) is 12.4 Å². The van der Waals surface area contributed by atoms with E-state index in [1.165, 1.54) is 0 Å². The highest BCUT2D eigenvalue weighted by atomic mass is 35.5. The van der Waals surface area contributed by atoms with Gasteiger partial charge in [-0.3, -0.25) is 14.3 Å². The molecule has 0 aliphatic heterocycles. The summed E-state index contributed by atoms with van der Waals surface area (Å²) < 4.78 is 6.59. The highest BCUT2D eigenvalue weighted by Gasteiger charge is 2.17. The number of carbonyl (C=O) groups excluding carboxylic acids is 2. The van der Waals surface area contributed by atoms with Crippen LogP contribution in [0.5, 0.6) is 0 Å². The molecule has 0 saturated carbocycles. The van der Waals surface area contributed by atoms with Crippen molar-refractivity contribution in [2.24, 2.45) is 11.7 Å². The first-order chi connectivity index (χ1) is 9.93. The number of halogens is 1. The van der Waals surface area contributed by atoms with Gasteiger partial charge in [-0.1, -0.05) is 13.8 Å². The third kappa shape index (κ3) is 6.88. The van der Waals surface area contributed by atoms with Crippen molar-refractivity contribution < 1.29 is 14.3 Å². The van der Waals surface area contributed by atoms with Crippen molar-refractivity contribution in [2.75, 3.05) is 25.6 Å². The third-order valence-electron chi connectivity index (χ3n) is 2.88. The molecule has 0 aromatic carbocycles. The Morgan fingerprint density at radius 2 is 2.14 bits per heavy atom. The zero-order chi connectivity index (χ0) is 15.8. The summed E-state index contributed by atoms with van der Waals surface area (Å²) in [4.78, 5) is 23.3. The van der Waals surface area contributed by atoms with Crippen molar-refractivity contribution in [2.45, 2.75) is 26.4 Å². The molecule has 4 N–H and O–H groups in total. The average molecular weight is 334 g/mol. The fourth-order valence-electron chi connectivity index (χ4n) is 1.51. The summed E-state index contributed by atoms with van der Waals surface area (Å²) in [6.45, 7) is 4.70. The van der Waals surface area contributed by atoms with Gasteiger partial charge in [0.25, 0.3) is 0 Å². The number of ether oxygens (including phenoxy) is 1. The Morgan fingerprint density at radius 3 is 2.73 bits per heavy atom. The zero-order valence-corrected chi connectivity index (χ0v) is 13.9. The van der Waals surface area contributed by atoms with Crippen LogP contribution in [0.1, 0.15) is 13.8 Å². The van der Waals surface area contributed by atoms with E-state index in [9.17, 15) is 9.59 Å². The predicted molar refractivity (Wildman–Crippen MR) is 85.8 cm³/mol. The standard InChI is InChI=1S/C13H23N5O3.ClH/c1-9(2)12(14)13(20)15-8-11(19)16-10-4-5-18(17-10)6-7-21-3;/h4-5,9,12H,6-8,14H2,1-3H3,(H,15,20)(H,16,17,19);1H/t12-;/m0./s1. The molecule has 8 nitrogen and oxygen atoms in total. The maximum absolute atomic E-state index is 11.7. The van der Waals surface area contributed by atoms with E-state index < -0.39 is 6.04 Å². The molecular weight excluding hydrogens is 310 g/mol. The molecule has 0 saturated heterocycles. The molecule has 0 unspecified atom stereocenters. The number of aromatic nitrogens is 2. The second kappa shape index (κ2) is 10.1. The SMILES string of the molecule is COCCn1ccc(NC(=O)CNC(=O)[C@@H](N)C(C)C)n1.Cl. The molecule has 1 aromatic rings. The summed E-state index contributed by atoms with van der Waals surface area (Å²) in [5, 5.41) is 9.23. The molecule has 0 aliphatic carbocycles. The minimum Gasteiger partial charge on any atom is -0.383 e. The quantitative estimate of drug-likeness (QED) is 0.619. The van der Waals surface area contributed by atoms with Crippen molar-refractivity contribution >= 4 is 30.0 Å². The molecule has 0 aliphatic rings. The van der Waals surface area contributed by atoms with Crippen LogP contribution < -0.4 is 16.4 Å². The smallest absolute Gasteiger partial charge is 0.244 e. The number of nitrogens with zero attached hydrogens (tertiary/aromatic N) is 2. The summed E-state index contributed by atoms with van der Waals surface area (Å²) in [6.07, 6.45) is 1.74. The number of nitrogens with one attached hydrogen (secondary N) is 2. The highest BCUT2D eigenvalue weighted by molar-refractivity contribution is 5.94. The Hall–Kier alpha value is -1.64. The number of methoxy groups -OCH3 is 1. The van der Waals surface area contributed by atoms with Crippen LogP contribution in [0.2, 0.25) is 0 Å². The van der Waals surface area contributed by atoms with E-state index in [0.717, 1.165) is 0 Å². The fraction of sp³-hybridized carbons (Fsp3) is 0.615.